The van der Waals surface area contributed by atoms with Gasteiger partial charge in [0.1, 0.15) is 5.82 Å². The van der Waals surface area contributed by atoms with E-state index in [1.165, 1.54) is 0 Å². The van der Waals surface area contributed by atoms with Gasteiger partial charge in [-0.15, -0.1) is 0 Å². The van der Waals surface area contributed by atoms with Crippen molar-refractivity contribution in [2.75, 3.05) is 6.61 Å². The highest BCUT2D eigenvalue weighted by molar-refractivity contribution is 5.16. The summed E-state index contributed by atoms with van der Waals surface area (Å²) in [5, 5.41) is 0. The molecule has 0 radical (unpaired) electrons. The standard InChI is InChI=1S/C12H18N2O2/c1-3-10-8(2)13-11(14-12(10)15)7-9-5-4-6-16-9/h9H,3-7H2,1-2H3,(H,13,14,15). The molecule has 1 fully saturated rings. The Kier molecular flexibility index (Phi) is 3.39. The number of nitrogens with one attached hydrogen (secondary N) is 1. The molecule has 0 aromatic carbocycles. The van der Waals surface area contributed by atoms with Crippen molar-refractivity contribution in [2.24, 2.45) is 0 Å². The molecule has 1 atom stereocenters. The average molecular weight is 222 g/mol. The van der Waals surface area contributed by atoms with Crippen LogP contribution in [0, 0.1) is 6.92 Å². The molecule has 1 unspecified atom stereocenters. The maximum atomic E-state index is 11.7. The minimum absolute atomic E-state index is 0.00277. The van der Waals surface area contributed by atoms with Crippen LogP contribution in [0.25, 0.3) is 0 Å². The van der Waals surface area contributed by atoms with Gasteiger partial charge in [-0.25, -0.2) is 4.98 Å². The average Bonchev–Trinajstić information content (AvgIpc) is 2.70. The molecule has 2 heterocycles. The van der Waals surface area contributed by atoms with E-state index in [9.17, 15) is 4.79 Å². The van der Waals surface area contributed by atoms with Crippen LogP contribution in [0.4, 0.5) is 0 Å². The van der Waals surface area contributed by atoms with Gasteiger partial charge in [-0.05, 0) is 26.2 Å². The molecule has 1 aliphatic rings. The highest BCUT2D eigenvalue weighted by Crippen LogP contribution is 2.15. The molecular formula is C12H18N2O2. The quantitative estimate of drug-likeness (QED) is 0.840. The molecule has 0 spiro atoms. The van der Waals surface area contributed by atoms with Gasteiger partial charge in [-0.3, -0.25) is 4.79 Å². The summed E-state index contributed by atoms with van der Waals surface area (Å²) in [6, 6.07) is 0. The minimum atomic E-state index is 0.00277. The third-order valence-electron chi connectivity index (χ3n) is 3.07. The van der Waals surface area contributed by atoms with Crippen LogP contribution < -0.4 is 5.56 Å². The zero-order valence-corrected chi connectivity index (χ0v) is 9.88. The van der Waals surface area contributed by atoms with Crippen LogP contribution in [0.5, 0.6) is 0 Å². The maximum Gasteiger partial charge on any atom is 0.254 e. The van der Waals surface area contributed by atoms with E-state index in [2.05, 4.69) is 9.97 Å². The Morgan fingerprint density at radius 2 is 2.38 bits per heavy atom. The Morgan fingerprint density at radius 3 is 2.94 bits per heavy atom. The lowest BCUT2D eigenvalue weighted by Gasteiger charge is -2.10. The second-order valence-electron chi connectivity index (χ2n) is 4.27. The number of hydrogen-bond acceptors (Lipinski definition) is 3. The lowest BCUT2D eigenvalue weighted by molar-refractivity contribution is 0.110. The van der Waals surface area contributed by atoms with Gasteiger partial charge in [-0.1, -0.05) is 6.92 Å². The molecule has 4 nitrogen and oxygen atoms in total. The zero-order valence-electron chi connectivity index (χ0n) is 9.88. The summed E-state index contributed by atoms with van der Waals surface area (Å²) in [5.41, 5.74) is 1.64. The molecule has 1 aliphatic heterocycles. The molecule has 16 heavy (non-hydrogen) atoms. The summed E-state index contributed by atoms with van der Waals surface area (Å²) in [7, 11) is 0. The van der Waals surface area contributed by atoms with E-state index in [0.29, 0.717) is 0 Å². The summed E-state index contributed by atoms with van der Waals surface area (Å²) in [6.45, 7) is 4.70. The molecular weight excluding hydrogens is 204 g/mol. The second-order valence-corrected chi connectivity index (χ2v) is 4.27. The highest BCUT2D eigenvalue weighted by Gasteiger charge is 2.17. The summed E-state index contributed by atoms with van der Waals surface area (Å²) in [4.78, 5) is 19.0. The Labute approximate surface area is 95.1 Å². The summed E-state index contributed by atoms with van der Waals surface area (Å²) in [5.74, 6) is 0.756. The van der Waals surface area contributed by atoms with Crippen molar-refractivity contribution in [1.82, 2.24) is 9.97 Å². The lowest BCUT2D eigenvalue weighted by Crippen LogP contribution is -2.21. The number of aryl methyl sites for hydroxylation is 1. The van der Waals surface area contributed by atoms with E-state index in [1.54, 1.807) is 0 Å². The Hall–Kier alpha value is -1.16. The van der Waals surface area contributed by atoms with Crippen LogP contribution >= 0.6 is 0 Å². The van der Waals surface area contributed by atoms with Gasteiger partial charge < -0.3 is 9.72 Å². The van der Waals surface area contributed by atoms with E-state index in [1.807, 2.05) is 13.8 Å². The number of ether oxygens (including phenoxy) is 1. The molecule has 4 heteroatoms. The van der Waals surface area contributed by atoms with E-state index >= 15 is 0 Å². The maximum absolute atomic E-state index is 11.7. The molecule has 1 aromatic rings. The van der Waals surface area contributed by atoms with E-state index in [-0.39, 0.29) is 11.7 Å². The van der Waals surface area contributed by atoms with Crippen molar-refractivity contribution >= 4 is 0 Å². The molecule has 1 aromatic heterocycles. The van der Waals surface area contributed by atoms with Crippen molar-refractivity contribution in [3.63, 3.8) is 0 Å². The van der Waals surface area contributed by atoms with Crippen LogP contribution in [-0.2, 0) is 17.6 Å². The van der Waals surface area contributed by atoms with E-state index in [4.69, 9.17) is 4.74 Å². The first-order valence-electron chi connectivity index (χ1n) is 5.91. The van der Waals surface area contributed by atoms with Crippen LogP contribution in [0.1, 0.15) is 36.8 Å². The van der Waals surface area contributed by atoms with Crippen molar-refractivity contribution in [1.29, 1.82) is 0 Å². The third kappa shape index (κ3) is 2.32. The predicted octanol–water partition coefficient (Wildman–Crippen LogP) is 1.36. The Bertz CT molecular complexity index is 420. The molecule has 88 valence electrons. The van der Waals surface area contributed by atoms with Crippen LogP contribution in [0.15, 0.2) is 4.79 Å². The van der Waals surface area contributed by atoms with Gasteiger partial charge in [0, 0.05) is 24.3 Å². The van der Waals surface area contributed by atoms with Crippen molar-refractivity contribution < 1.29 is 4.74 Å². The summed E-state index contributed by atoms with van der Waals surface area (Å²) in [6.07, 6.45) is 3.86. The van der Waals surface area contributed by atoms with Gasteiger partial charge in [0.05, 0.1) is 6.10 Å². The molecule has 0 bridgehead atoms. The first kappa shape index (κ1) is 11.3. The minimum Gasteiger partial charge on any atom is -0.378 e. The van der Waals surface area contributed by atoms with Gasteiger partial charge in [0.25, 0.3) is 5.56 Å². The summed E-state index contributed by atoms with van der Waals surface area (Å²) >= 11 is 0. The van der Waals surface area contributed by atoms with Crippen molar-refractivity contribution in [2.45, 2.75) is 45.6 Å². The van der Waals surface area contributed by atoms with Crippen LogP contribution in [-0.4, -0.2) is 22.7 Å². The lowest BCUT2D eigenvalue weighted by atomic mass is 10.1. The second kappa shape index (κ2) is 4.78. The molecule has 0 amide bonds. The van der Waals surface area contributed by atoms with Crippen LogP contribution in [0.2, 0.25) is 0 Å². The number of rotatable bonds is 3. The predicted molar refractivity (Wildman–Crippen MR) is 61.7 cm³/mol. The first-order chi connectivity index (χ1) is 7.70. The number of hydrogen-bond donors (Lipinski definition) is 1. The Morgan fingerprint density at radius 1 is 1.56 bits per heavy atom. The topological polar surface area (TPSA) is 55.0 Å². The van der Waals surface area contributed by atoms with Gasteiger partial charge in [0.15, 0.2) is 0 Å². The number of nitrogens with zero attached hydrogens (tertiary/aromatic N) is 1. The molecule has 1 saturated heterocycles. The molecule has 2 rings (SSSR count). The molecule has 0 aliphatic carbocycles. The normalized spacial score (nSPS) is 20.2. The molecule has 0 saturated carbocycles. The fraction of sp³-hybridized carbons (Fsp3) is 0.667. The SMILES string of the molecule is CCc1c(C)nc(CC2CCCO2)[nH]c1=O. The monoisotopic (exact) mass is 222 g/mol. The fourth-order valence-electron chi connectivity index (χ4n) is 2.20. The number of aromatic amines is 1. The van der Waals surface area contributed by atoms with Gasteiger partial charge in [-0.2, -0.15) is 0 Å². The zero-order chi connectivity index (χ0) is 11.5. The van der Waals surface area contributed by atoms with Gasteiger partial charge >= 0.3 is 0 Å². The van der Waals surface area contributed by atoms with E-state index < -0.39 is 0 Å². The van der Waals surface area contributed by atoms with Crippen molar-refractivity contribution in [3.8, 4) is 0 Å². The number of aromatic nitrogens is 2. The molecule has 1 N–H and O–H groups in total. The first-order valence-corrected chi connectivity index (χ1v) is 5.91. The summed E-state index contributed by atoms with van der Waals surface area (Å²) < 4.78 is 5.53. The Balaban J connectivity index is 2.19. The third-order valence-corrected chi connectivity index (χ3v) is 3.07. The van der Waals surface area contributed by atoms with Crippen LogP contribution in [0.3, 0.4) is 0 Å². The van der Waals surface area contributed by atoms with Crippen molar-refractivity contribution in [3.05, 3.63) is 27.4 Å². The smallest absolute Gasteiger partial charge is 0.254 e. The number of H-pyrrole nitrogens is 1. The largest absolute Gasteiger partial charge is 0.378 e. The van der Waals surface area contributed by atoms with E-state index in [0.717, 1.165) is 49.4 Å². The van der Waals surface area contributed by atoms with Gasteiger partial charge in [0.2, 0.25) is 0 Å². The fourth-order valence-corrected chi connectivity index (χ4v) is 2.20. The highest BCUT2D eigenvalue weighted by atomic mass is 16.5.